The zero-order valence-corrected chi connectivity index (χ0v) is 11.2. The number of benzene rings is 1. The first kappa shape index (κ1) is 15.9. The van der Waals surface area contributed by atoms with Gasteiger partial charge >= 0.3 is 12.4 Å². The van der Waals surface area contributed by atoms with Gasteiger partial charge in [-0.2, -0.15) is 26.3 Å². The van der Waals surface area contributed by atoms with E-state index in [-0.39, 0.29) is 24.1 Å². The van der Waals surface area contributed by atoms with Crippen LogP contribution in [0.5, 0.6) is 0 Å². The average Bonchev–Trinajstić information content (AvgIpc) is 3.08. The number of halogens is 6. The Labute approximate surface area is 121 Å². The number of rotatable bonds is 3. The Kier molecular flexibility index (Phi) is 3.59. The summed E-state index contributed by atoms with van der Waals surface area (Å²) in [4.78, 5) is -0.401. The van der Waals surface area contributed by atoms with Crippen LogP contribution in [0.3, 0.4) is 0 Å². The van der Waals surface area contributed by atoms with E-state index < -0.39 is 28.4 Å². The van der Waals surface area contributed by atoms with Crippen LogP contribution in [0.2, 0.25) is 0 Å². The first-order valence-corrected chi connectivity index (χ1v) is 6.23. The minimum absolute atomic E-state index is 0.145. The molecule has 1 aliphatic rings. The maximum absolute atomic E-state index is 12.9. The molecule has 1 fully saturated rings. The molecule has 0 aromatic heterocycles. The molecule has 116 valence electrons. The molecule has 2 nitrogen and oxygen atoms in total. The summed E-state index contributed by atoms with van der Waals surface area (Å²) in [6.07, 6.45) is -9.41. The van der Waals surface area contributed by atoms with E-state index in [1.165, 1.54) is 0 Å². The minimum Gasteiger partial charge on any atom is -0.389 e. The van der Waals surface area contributed by atoms with E-state index in [2.05, 4.69) is 17.5 Å². The number of hydrogen-bond acceptors (Lipinski definition) is 2. The highest BCUT2D eigenvalue weighted by Crippen LogP contribution is 2.51. The second-order valence-electron chi connectivity index (χ2n) is 4.83. The van der Waals surface area contributed by atoms with E-state index in [0.29, 0.717) is 12.1 Å². The SMILES string of the molecule is NC(=S)c1cc(C(F)(F)F)ccc1NC1(C(F)(F)F)CC1. The molecule has 0 amide bonds. The van der Waals surface area contributed by atoms with Gasteiger partial charge in [0.15, 0.2) is 0 Å². The zero-order chi connectivity index (χ0) is 16.1. The van der Waals surface area contributed by atoms with Crippen molar-refractivity contribution in [2.75, 3.05) is 5.32 Å². The van der Waals surface area contributed by atoms with Gasteiger partial charge in [0.05, 0.1) is 5.56 Å². The Bertz CT molecular complexity index is 574. The quantitative estimate of drug-likeness (QED) is 0.654. The average molecular weight is 328 g/mol. The van der Waals surface area contributed by atoms with Gasteiger partial charge in [0.1, 0.15) is 10.5 Å². The van der Waals surface area contributed by atoms with Crippen LogP contribution in [0.1, 0.15) is 24.0 Å². The molecule has 0 unspecified atom stereocenters. The molecule has 3 N–H and O–H groups in total. The summed E-state index contributed by atoms with van der Waals surface area (Å²) in [7, 11) is 0. The first-order chi connectivity index (χ1) is 9.46. The maximum Gasteiger partial charge on any atom is 0.416 e. The fraction of sp³-hybridized carbons (Fsp3) is 0.417. The highest BCUT2D eigenvalue weighted by Gasteiger charge is 2.63. The van der Waals surface area contributed by atoms with Gasteiger partial charge in [-0.05, 0) is 31.0 Å². The van der Waals surface area contributed by atoms with Crippen molar-refractivity contribution >= 4 is 22.9 Å². The molecular weight excluding hydrogens is 318 g/mol. The van der Waals surface area contributed by atoms with Crippen LogP contribution in [-0.2, 0) is 6.18 Å². The molecule has 2 rings (SSSR count). The highest BCUT2D eigenvalue weighted by atomic mass is 32.1. The lowest BCUT2D eigenvalue weighted by atomic mass is 10.1. The Balaban J connectivity index is 2.39. The van der Waals surface area contributed by atoms with Crippen LogP contribution < -0.4 is 11.1 Å². The Hall–Kier alpha value is -1.51. The van der Waals surface area contributed by atoms with Crippen molar-refractivity contribution in [2.24, 2.45) is 5.73 Å². The van der Waals surface area contributed by atoms with Gasteiger partial charge in [-0.3, -0.25) is 0 Å². The first-order valence-electron chi connectivity index (χ1n) is 5.82. The van der Waals surface area contributed by atoms with E-state index in [0.717, 1.165) is 6.07 Å². The van der Waals surface area contributed by atoms with Crippen LogP contribution in [-0.4, -0.2) is 16.7 Å². The summed E-state index contributed by atoms with van der Waals surface area (Å²) in [5.74, 6) is 0. The third-order valence-corrected chi connectivity index (χ3v) is 3.50. The van der Waals surface area contributed by atoms with Gasteiger partial charge < -0.3 is 11.1 Å². The smallest absolute Gasteiger partial charge is 0.389 e. The van der Waals surface area contributed by atoms with Crippen molar-refractivity contribution in [3.8, 4) is 0 Å². The van der Waals surface area contributed by atoms with E-state index in [1.807, 2.05) is 0 Å². The second kappa shape index (κ2) is 4.75. The van der Waals surface area contributed by atoms with Crippen LogP contribution in [0.15, 0.2) is 18.2 Å². The summed E-state index contributed by atoms with van der Waals surface area (Å²) in [6.45, 7) is 0. The molecule has 0 aliphatic heterocycles. The normalized spacial score (nSPS) is 17.4. The van der Waals surface area contributed by atoms with Gasteiger partial charge in [0, 0.05) is 11.3 Å². The van der Waals surface area contributed by atoms with E-state index >= 15 is 0 Å². The molecule has 21 heavy (non-hydrogen) atoms. The molecule has 1 saturated carbocycles. The van der Waals surface area contributed by atoms with Gasteiger partial charge in [-0.1, -0.05) is 12.2 Å². The lowest BCUT2D eigenvalue weighted by Gasteiger charge is -2.24. The molecule has 9 heteroatoms. The topological polar surface area (TPSA) is 38.0 Å². The minimum atomic E-state index is -4.63. The predicted molar refractivity (Wildman–Crippen MR) is 69.0 cm³/mol. The van der Waals surface area contributed by atoms with E-state index in [1.54, 1.807) is 0 Å². The number of thiocarbonyl (C=S) groups is 1. The van der Waals surface area contributed by atoms with Crippen molar-refractivity contribution in [3.63, 3.8) is 0 Å². The van der Waals surface area contributed by atoms with E-state index in [4.69, 9.17) is 5.73 Å². The molecule has 0 atom stereocenters. The molecule has 0 spiro atoms. The third-order valence-electron chi connectivity index (χ3n) is 3.28. The molecule has 0 bridgehead atoms. The Morgan fingerprint density at radius 3 is 2.10 bits per heavy atom. The highest BCUT2D eigenvalue weighted by molar-refractivity contribution is 7.80. The summed E-state index contributed by atoms with van der Waals surface area (Å²) < 4.78 is 76.5. The largest absolute Gasteiger partial charge is 0.416 e. The van der Waals surface area contributed by atoms with Crippen LogP contribution >= 0.6 is 12.2 Å². The summed E-state index contributed by atoms with van der Waals surface area (Å²) in [5.41, 5.74) is 1.79. The van der Waals surface area contributed by atoms with Gasteiger partial charge in [-0.25, -0.2) is 0 Å². The second-order valence-corrected chi connectivity index (χ2v) is 5.27. The summed E-state index contributed by atoms with van der Waals surface area (Å²) >= 11 is 4.62. The van der Waals surface area contributed by atoms with Crippen LogP contribution in [0.25, 0.3) is 0 Å². The van der Waals surface area contributed by atoms with Crippen molar-refractivity contribution < 1.29 is 26.3 Å². The third kappa shape index (κ3) is 3.07. The number of nitrogens with two attached hydrogens (primary N) is 1. The van der Waals surface area contributed by atoms with Gasteiger partial charge in [0.25, 0.3) is 0 Å². The standard InChI is InChI=1S/C12H10F6N2S/c13-11(14,15)6-1-2-8(7(5-6)9(19)21)20-10(3-4-10)12(16,17)18/h1-2,5,20H,3-4H2,(H2,19,21). The van der Waals surface area contributed by atoms with Crippen molar-refractivity contribution in [2.45, 2.75) is 30.7 Å². The molecular formula is C12H10F6N2S. The molecule has 1 aromatic carbocycles. The molecule has 0 heterocycles. The molecule has 0 radical (unpaired) electrons. The van der Waals surface area contributed by atoms with E-state index in [9.17, 15) is 26.3 Å². The molecule has 1 aliphatic carbocycles. The van der Waals surface area contributed by atoms with Crippen molar-refractivity contribution in [1.82, 2.24) is 0 Å². The lowest BCUT2D eigenvalue weighted by molar-refractivity contribution is -0.151. The summed E-state index contributed by atoms with van der Waals surface area (Å²) in [5, 5.41) is 2.24. The number of alkyl halides is 6. The number of anilines is 1. The molecule has 0 saturated heterocycles. The number of hydrogen-bond donors (Lipinski definition) is 2. The van der Waals surface area contributed by atoms with Gasteiger partial charge in [-0.15, -0.1) is 0 Å². The fourth-order valence-corrected chi connectivity index (χ4v) is 2.06. The molecule has 1 aromatic rings. The lowest BCUT2D eigenvalue weighted by Crippen LogP contribution is -2.39. The maximum atomic E-state index is 12.9. The monoisotopic (exact) mass is 328 g/mol. The van der Waals surface area contributed by atoms with Crippen LogP contribution in [0.4, 0.5) is 32.0 Å². The van der Waals surface area contributed by atoms with Gasteiger partial charge in [0.2, 0.25) is 0 Å². The van der Waals surface area contributed by atoms with Crippen molar-refractivity contribution in [3.05, 3.63) is 29.3 Å². The Morgan fingerprint density at radius 1 is 1.14 bits per heavy atom. The van der Waals surface area contributed by atoms with Crippen molar-refractivity contribution in [1.29, 1.82) is 0 Å². The fourth-order valence-electron chi connectivity index (χ4n) is 1.90. The van der Waals surface area contributed by atoms with Crippen LogP contribution in [0, 0.1) is 0 Å². The zero-order valence-electron chi connectivity index (χ0n) is 10.4. The predicted octanol–water partition coefficient (Wildman–Crippen LogP) is 3.85. The summed E-state index contributed by atoms with van der Waals surface area (Å²) in [6, 6.07) is 2.26. The number of nitrogens with one attached hydrogen (secondary N) is 1. The Morgan fingerprint density at radius 2 is 1.71 bits per heavy atom.